The van der Waals surface area contributed by atoms with E-state index >= 15 is 0 Å². The van der Waals surface area contributed by atoms with E-state index in [4.69, 9.17) is 0 Å². The zero-order valence-corrected chi connectivity index (χ0v) is 16.5. The average molecular weight is 431 g/mol. The van der Waals surface area contributed by atoms with Crippen LogP contribution < -0.4 is 10.6 Å². The molecule has 1 atom stereocenters. The van der Waals surface area contributed by atoms with Crippen LogP contribution in [0.1, 0.15) is 41.2 Å². The van der Waals surface area contributed by atoms with Gasteiger partial charge in [-0.25, -0.2) is 0 Å². The van der Waals surface area contributed by atoms with Crippen LogP contribution in [-0.4, -0.2) is 17.6 Å². The van der Waals surface area contributed by atoms with Crippen molar-refractivity contribution >= 4 is 45.2 Å². The summed E-state index contributed by atoms with van der Waals surface area (Å²) in [4.78, 5) is 25.5. The molecule has 1 fully saturated rings. The molecule has 2 aromatic carbocycles. The second kappa shape index (κ2) is 7.45. The Morgan fingerprint density at radius 1 is 1.19 bits per heavy atom. The van der Waals surface area contributed by atoms with Gasteiger partial charge in [0, 0.05) is 14.9 Å². The number of nitrogens with one attached hydrogen (secondary N) is 2. The van der Waals surface area contributed by atoms with Crippen molar-refractivity contribution < 1.29 is 9.59 Å². The van der Waals surface area contributed by atoms with Crippen LogP contribution in [0.15, 0.2) is 51.8 Å². The maximum Gasteiger partial charge on any atom is 0.251 e. The highest BCUT2D eigenvalue weighted by molar-refractivity contribution is 9.10. The van der Waals surface area contributed by atoms with E-state index in [2.05, 4.69) is 38.7 Å². The first kappa shape index (κ1) is 17.6. The Balaban J connectivity index is 1.56. The molecule has 2 amide bonds. The summed E-state index contributed by atoms with van der Waals surface area (Å²) in [6.07, 6.45) is 3.49. The number of amides is 2. The SMILES string of the molecule is O=C1CSc2ccc(C(=O)NC(c3ccc(Br)cc3)C3CCC3)cc2N1. The maximum atomic E-state index is 12.9. The van der Waals surface area contributed by atoms with Crippen molar-refractivity contribution in [3.63, 3.8) is 0 Å². The molecule has 2 aromatic rings. The molecule has 6 heteroatoms. The summed E-state index contributed by atoms with van der Waals surface area (Å²) >= 11 is 4.97. The van der Waals surface area contributed by atoms with Crippen molar-refractivity contribution in [3.05, 3.63) is 58.1 Å². The van der Waals surface area contributed by atoms with Crippen LogP contribution >= 0.6 is 27.7 Å². The van der Waals surface area contributed by atoms with E-state index < -0.39 is 0 Å². The molecule has 0 saturated heterocycles. The van der Waals surface area contributed by atoms with E-state index in [0.29, 0.717) is 17.2 Å². The van der Waals surface area contributed by atoms with Gasteiger partial charge in [-0.3, -0.25) is 9.59 Å². The lowest BCUT2D eigenvalue weighted by atomic mass is 9.77. The molecule has 0 bridgehead atoms. The Bertz CT molecular complexity index is 849. The van der Waals surface area contributed by atoms with Crippen LogP contribution in [0.25, 0.3) is 0 Å². The summed E-state index contributed by atoms with van der Waals surface area (Å²) in [7, 11) is 0. The number of halogens is 1. The first-order chi connectivity index (χ1) is 12.6. The van der Waals surface area contributed by atoms with E-state index in [1.165, 1.54) is 18.2 Å². The van der Waals surface area contributed by atoms with Gasteiger partial charge in [-0.2, -0.15) is 0 Å². The topological polar surface area (TPSA) is 58.2 Å². The van der Waals surface area contributed by atoms with Crippen molar-refractivity contribution in [3.8, 4) is 0 Å². The van der Waals surface area contributed by atoms with Gasteiger partial charge >= 0.3 is 0 Å². The van der Waals surface area contributed by atoms with Gasteiger partial charge in [-0.15, -0.1) is 11.8 Å². The maximum absolute atomic E-state index is 12.9. The fraction of sp³-hybridized carbons (Fsp3) is 0.300. The summed E-state index contributed by atoms with van der Waals surface area (Å²) in [5, 5.41) is 6.06. The zero-order valence-electron chi connectivity index (χ0n) is 14.1. The number of thioether (sulfide) groups is 1. The van der Waals surface area contributed by atoms with Crippen LogP contribution in [0.5, 0.6) is 0 Å². The van der Waals surface area contributed by atoms with Gasteiger partial charge in [-0.05, 0) is 54.7 Å². The van der Waals surface area contributed by atoms with Crippen LogP contribution in [0, 0.1) is 5.92 Å². The molecule has 4 rings (SSSR count). The number of carbonyl (C=O) groups is 2. The highest BCUT2D eigenvalue weighted by Crippen LogP contribution is 2.38. The predicted octanol–water partition coefficient (Wildman–Crippen LogP) is 4.76. The number of carbonyl (C=O) groups excluding carboxylic acids is 2. The van der Waals surface area contributed by atoms with Gasteiger partial charge in [0.25, 0.3) is 5.91 Å². The summed E-state index contributed by atoms with van der Waals surface area (Å²) < 4.78 is 1.03. The quantitative estimate of drug-likeness (QED) is 0.734. The van der Waals surface area contributed by atoms with Crippen molar-refractivity contribution in [2.75, 3.05) is 11.1 Å². The average Bonchev–Trinajstić information content (AvgIpc) is 2.59. The minimum atomic E-state index is -0.0996. The first-order valence-corrected chi connectivity index (χ1v) is 10.5. The summed E-state index contributed by atoms with van der Waals surface area (Å²) in [5.74, 6) is 0.777. The van der Waals surface area contributed by atoms with Gasteiger partial charge in [0.05, 0.1) is 17.5 Å². The van der Waals surface area contributed by atoms with Crippen LogP contribution in [0.3, 0.4) is 0 Å². The van der Waals surface area contributed by atoms with E-state index in [1.54, 1.807) is 6.07 Å². The molecule has 0 radical (unpaired) electrons. The van der Waals surface area contributed by atoms with Crippen molar-refractivity contribution in [1.29, 1.82) is 0 Å². The number of fused-ring (bicyclic) bond motifs is 1. The number of hydrogen-bond acceptors (Lipinski definition) is 3. The number of anilines is 1. The first-order valence-electron chi connectivity index (χ1n) is 8.73. The highest BCUT2D eigenvalue weighted by atomic mass is 79.9. The van der Waals surface area contributed by atoms with E-state index in [0.717, 1.165) is 33.5 Å². The van der Waals surface area contributed by atoms with Gasteiger partial charge in [-0.1, -0.05) is 34.5 Å². The zero-order chi connectivity index (χ0) is 18.1. The van der Waals surface area contributed by atoms with E-state index in [9.17, 15) is 9.59 Å². The lowest BCUT2D eigenvalue weighted by molar-refractivity contribution is -0.113. The minimum absolute atomic E-state index is 0.0179. The minimum Gasteiger partial charge on any atom is -0.345 e. The molecule has 0 spiro atoms. The smallest absolute Gasteiger partial charge is 0.251 e. The lowest BCUT2D eigenvalue weighted by Gasteiger charge is -2.34. The Kier molecular flexibility index (Phi) is 5.05. The third-order valence-corrected chi connectivity index (χ3v) is 6.61. The Morgan fingerprint density at radius 2 is 1.96 bits per heavy atom. The summed E-state index contributed by atoms with van der Waals surface area (Å²) in [5.41, 5.74) is 2.43. The fourth-order valence-electron chi connectivity index (χ4n) is 3.37. The predicted molar refractivity (Wildman–Crippen MR) is 107 cm³/mol. The standard InChI is InChI=1S/C20H19BrN2O2S/c21-15-7-4-13(5-8-15)19(12-2-1-3-12)23-20(25)14-6-9-17-16(10-14)22-18(24)11-26-17/h4-10,12,19H,1-3,11H2,(H,22,24)(H,23,25). The van der Waals surface area contributed by atoms with Crippen molar-refractivity contribution in [2.45, 2.75) is 30.2 Å². The molecule has 1 unspecified atom stereocenters. The molecular formula is C20H19BrN2O2S. The molecule has 1 aliphatic heterocycles. The molecule has 2 N–H and O–H groups in total. The summed E-state index contributed by atoms with van der Waals surface area (Å²) in [6, 6.07) is 13.7. The molecule has 2 aliphatic rings. The lowest BCUT2D eigenvalue weighted by Crippen LogP contribution is -2.36. The largest absolute Gasteiger partial charge is 0.345 e. The van der Waals surface area contributed by atoms with Gasteiger partial charge in [0.1, 0.15) is 0 Å². The molecule has 1 heterocycles. The van der Waals surface area contributed by atoms with Crippen LogP contribution in [-0.2, 0) is 4.79 Å². The molecule has 1 saturated carbocycles. The van der Waals surface area contributed by atoms with Crippen LogP contribution in [0.2, 0.25) is 0 Å². The Morgan fingerprint density at radius 3 is 2.65 bits per heavy atom. The van der Waals surface area contributed by atoms with E-state index in [1.807, 2.05) is 24.3 Å². The number of rotatable bonds is 4. The number of hydrogen-bond donors (Lipinski definition) is 2. The normalized spacial score (nSPS) is 17.7. The molecule has 26 heavy (non-hydrogen) atoms. The van der Waals surface area contributed by atoms with Gasteiger partial charge < -0.3 is 10.6 Å². The van der Waals surface area contributed by atoms with Crippen molar-refractivity contribution in [2.24, 2.45) is 5.92 Å². The molecular weight excluding hydrogens is 412 g/mol. The second-order valence-corrected chi connectivity index (χ2v) is 8.67. The van der Waals surface area contributed by atoms with Crippen molar-refractivity contribution in [1.82, 2.24) is 5.32 Å². The summed E-state index contributed by atoms with van der Waals surface area (Å²) in [6.45, 7) is 0. The Hall–Kier alpha value is -1.79. The van der Waals surface area contributed by atoms with Crippen LogP contribution in [0.4, 0.5) is 5.69 Å². The van der Waals surface area contributed by atoms with Gasteiger partial charge in [0.2, 0.25) is 5.91 Å². The second-order valence-electron chi connectivity index (χ2n) is 6.74. The molecule has 134 valence electrons. The third-order valence-electron chi connectivity index (χ3n) is 5.01. The molecule has 4 nitrogen and oxygen atoms in total. The third kappa shape index (κ3) is 3.67. The Labute approximate surface area is 165 Å². The fourth-order valence-corrected chi connectivity index (χ4v) is 4.42. The van der Waals surface area contributed by atoms with E-state index in [-0.39, 0.29) is 17.9 Å². The number of benzene rings is 2. The van der Waals surface area contributed by atoms with Gasteiger partial charge in [0.15, 0.2) is 0 Å². The molecule has 0 aromatic heterocycles. The monoisotopic (exact) mass is 430 g/mol. The molecule has 1 aliphatic carbocycles. The highest BCUT2D eigenvalue weighted by Gasteiger charge is 2.30.